The second-order valence-electron chi connectivity index (χ2n) is 7.57. The largest absolute Gasteiger partial charge is 0.407 e. The molecule has 0 aromatic heterocycles. The summed E-state index contributed by atoms with van der Waals surface area (Å²) in [4.78, 5) is 0. The van der Waals surface area contributed by atoms with E-state index in [-0.39, 0.29) is 5.04 Å². The van der Waals surface area contributed by atoms with Gasteiger partial charge in [0.25, 0.3) is 8.32 Å². The summed E-state index contributed by atoms with van der Waals surface area (Å²) in [5, 5.41) is 2.77. The normalized spacial score (nSPS) is 13.1. The Labute approximate surface area is 167 Å². The zero-order valence-corrected chi connectivity index (χ0v) is 18.9. The smallest absolute Gasteiger partial charge is 0.261 e. The molecule has 2 aromatic carbocycles. The van der Waals surface area contributed by atoms with Crippen LogP contribution in [0.15, 0.2) is 70.3 Å². The summed E-state index contributed by atoms with van der Waals surface area (Å²) < 4.78 is 9.04. The molecule has 2 aromatic rings. The molecule has 0 heterocycles. The number of benzene rings is 2. The molecule has 0 saturated heterocycles. The maximum absolute atomic E-state index is 6.87. The van der Waals surface area contributed by atoms with Gasteiger partial charge in [0.2, 0.25) is 0 Å². The van der Waals surface area contributed by atoms with Crippen molar-refractivity contribution in [3.8, 4) is 0 Å². The molecular weight excluding hydrogens is 435 g/mol. The van der Waals surface area contributed by atoms with Gasteiger partial charge in [0.1, 0.15) is 0 Å². The molecule has 2 rings (SSSR count). The van der Waals surface area contributed by atoms with Gasteiger partial charge in [-0.05, 0) is 39.3 Å². The van der Waals surface area contributed by atoms with Crippen molar-refractivity contribution in [1.29, 1.82) is 0 Å². The SMILES string of the molecule is C/C(=C/I)CCCO[Si](c1ccccc1)(c1ccccc1)C(C)(C)C. The van der Waals surface area contributed by atoms with E-state index in [1.165, 1.54) is 15.9 Å². The van der Waals surface area contributed by atoms with Crippen LogP contribution in [0.3, 0.4) is 0 Å². The van der Waals surface area contributed by atoms with Crippen molar-refractivity contribution in [1.82, 2.24) is 0 Å². The minimum Gasteiger partial charge on any atom is -0.407 e. The summed E-state index contributed by atoms with van der Waals surface area (Å²) in [5.74, 6) is 0. The zero-order valence-electron chi connectivity index (χ0n) is 15.8. The van der Waals surface area contributed by atoms with E-state index in [1.807, 2.05) is 0 Å². The predicted octanol–water partition coefficient (Wildman–Crippen LogP) is 5.68. The Balaban J connectivity index is 2.42. The van der Waals surface area contributed by atoms with E-state index in [0.29, 0.717) is 0 Å². The number of halogens is 1. The van der Waals surface area contributed by atoms with E-state index in [0.717, 1.165) is 19.4 Å². The van der Waals surface area contributed by atoms with Crippen molar-refractivity contribution in [2.75, 3.05) is 6.61 Å². The van der Waals surface area contributed by atoms with Gasteiger partial charge in [-0.25, -0.2) is 0 Å². The number of hydrogen-bond donors (Lipinski definition) is 0. The first-order valence-corrected chi connectivity index (χ1v) is 12.1. The standard InChI is InChI=1S/C22H29IOSi/c1-19(18-23)12-11-17-24-25(22(2,3)4,20-13-7-5-8-14-20)21-15-9-6-10-16-21/h5-10,13-16,18H,11-12,17H2,1-4H3/b19-18-. The highest BCUT2D eigenvalue weighted by molar-refractivity contribution is 14.1. The molecule has 25 heavy (non-hydrogen) atoms. The van der Waals surface area contributed by atoms with Gasteiger partial charge < -0.3 is 4.43 Å². The summed E-state index contributed by atoms with van der Waals surface area (Å²) in [7, 11) is -2.35. The summed E-state index contributed by atoms with van der Waals surface area (Å²) in [6.45, 7) is 9.98. The molecule has 1 nitrogen and oxygen atoms in total. The maximum Gasteiger partial charge on any atom is 0.261 e. The van der Waals surface area contributed by atoms with Gasteiger partial charge >= 0.3 is 0 Å². The molecule has 0 N–H and O–H groups in total. The first-order chi connectivity index (χ1) is 11.9. The van der Waals surface area contributed by atoms with E-state index < -0.39 is 8.32 Å². The van der Waals surface area contributed by atoms with E-state index in [2.05, 4.69) is 115 Å². The lowest BCUT2D eigenvalue weighted by atomic mass is 10.2. The fraction of sp³-hybridized carbons (Fsp3) is 0.364. The first kappa shape index (κ1) is 20.4. The molecule has 0 unspecified atom stereocenters. The minimum atomic E-state index is -2.35. The van der Waals surface area contributed by atoms with Crippen molar-refractivity contribution >= 4 is 41.3 Å². The fourth-order valence-electron chi connectivity index (χ4n) is 3.39. The Bertz CT molecular complexity index is 635. The van der Waals surface area contributed by atoms with Gasteiger partial charge in [0.05, 0.1) is 0 Å². The topological polar surface area (TPSA) is 9.23 Å². The molecule has 0 radical (unpaired) electrons. The minimum absolute atomic E-state index is 0.0594. The lowest BCUT2D eigenvalue weighted by Crippen LogP contribution is -2.66. The maximum atomic E-state index is 6.87. The van der Waals surface area contributed by atoms with Crippen LogP contribution in [-0.4, -0.2) is 14.9 Å². The number of rotatable bonds is 7. The predicted molar refractivity (Wildman–Crippen MR) is 121 cm³/mol. The van der Waals surface area contributed by atoms with E-state index >= 15 is 0 Å². The molecule has 0 fully saturated rings. The Morgan fingerprint density at radius 2 is 1.44 bits per heavy atom. The highest BCUT2D eigenvalue weighted by Crippen LogP contribution is 2.36. The highest BCUT2D eigenvalue weighted by atomic mass is 127. The lowest BCUT2D eigenvalue weighted by molar-refractivity contribution is 0.292. The van der Waals surface area contributed by atoms with Crippen molar-refractivity contribution in [2.24, 2.45) is 0 Å². The molecule has 0 aliphatic rings. The van der Waals surface area contributed by atoms with E-state index in [4.69, 9.17) is 4.43 Å². The van der Waals surface area contributed by atoms with E-state index in [9.17, 15) is 0 Å². The van der Waals surface area contributed by atoms with Crippen molar-refractivity contribution in [3.63, 3.8) is 0 Å². The zero-order chi connectivity index (χ0) is 18.3. The second-order valence-corrected chi connectivity index (χ2v) is 12.5. The summed E-state index contributed by atoms with van der Waals surface area (Å²) >= 11 is 2.32. The molecule has 0 spiro atoms. The third-order valence-corrected chi connectivity index (χ3v) is 10.7. The average Bonchev–Trinajstić information content (AvgIpc) is 2.62. The van der Waals surface area contributed by atoms with Crippen LogP contribution in [0.4, 0.5) is 0 Å². The molecule has 0 atom stereocenters. The van der Waals surface area contributed by atoms with Gasteiger partial charge in [-0.2, -0.15) is 0 Å². The quantitative estimate of drug-likeness (QED) is 0.291. The molecule has 0 saturated carbocycles. The Morgan fingerprint density at radius 3 is 1.84 bits per heavy atom. The van der Waals surface area contributed by atoms with E-state index in [1.54, 1.807) is 0 Å². The first-order valence-electron chi connectivity index (χ1n) is 8.92. The number of allylic oxidation sites excluding steroid dienone is 1. The fourth-order valence-corrected chi connectivity index (χ4v) is 8.31. The average molecular weight is 464 g/mol. The van der Waals surface area contributed by atoms with Crippen LogP contribution in [0.25, 0.3) is 0 Å². The summed E-state index contributed by atoms with van der Waals surface area (Å²) in [6.07, 6.45) is 2.16. The molecule has 3 heteroatoms. The Hall–Kier alpha value is -0.913. The summed E-state index contributed by atoms with van der Waals surface area (Å²) in [5.41, 5.74) is 1.42. The molecule has 0 bridgehead atoms. The van der Waals surface area contributed by atoms with Crippen LogP contribution in [0.1, 0.15) is 40.5 Å². The van der Waals surface area contributed by atoms with Gasteiger partial charge in [0, 0.05) is 6.61 Å². The van der Waals surface area contributed by atoms with Crippen LogP contribution >= 0.6 is 22.6 Å². The van der Waals surface area contributed by atoms with Crippen molar-refractivity contribution < 1.29 is 4.43 Å². The number of hydrogen-bond acceptors (Lipinski definition) is 1. The lowest BCUT2D eigenvalue weighted by Gasteiger charge is -2.43. The molecular formula is C22H29IOSi. The van der Waals surface area contributed by atoms with Gasteiger partial charge in [0.15, 0.2) is 0 Å². The molecule has 0 amide bonds. The van der Waals surface area contributed by atoms with Gasteiger partial charge in [-0.1, -0.05) is 110 Å². The Morgan fingerprint density at radius 1 is 0.960 bits per heavy atom. The highest BCUT2D eigenvalue weighted by Gasteiger charge is 2.49. The van der Waals surface area contributed by atoms with Gasteiger partial charge in [-0.3, -0.25) is 0 Å². The third kappa shape index (κ3) is 4.83. The van der Waals surface area contributed by atoms with Crippen LogP contribution < -0.4 is 10.4 Å². The van der Waals surface area contributed by atoms with Crippen LogP contribution in [-0.2, 0) is 4.43 Å². The van der Waals surface area contributed by atoms with Crippen LogP contribution in [0, 0.1) is 0 Å². The second kappa shape index (κ2) is 9.15. The van der Waals surface area contributed by atoms with Gasteiger partial charge in [-0.15, -0.1) is 0 Å². The molecule has 134 valence electrons. The molecule has 0 aliphatic carbocycles. The van der Waals surface area contributed by atoms with Crippen molar-refractivity contribution in [2.45, 2.75) is 45.6 Å². The monoisotopic (exact) mass is 464 g/mol. The molecule has 0 aliphatic heterocycles. The summed E-state index contributed by atoms with van der Waals surface area (Å²) in [6, 6.07) is 21.7. The third-order valence-electron chi connectivity index (χ3n) is 4.64. The van der Waals surface area contributed by atoms with Crippen molar-refractivity contribution in [3.05, 3.63) is 70.3 Å². The van der Waals surface area contributed by atoms with Crippen LogP contribution in [0.2, 0.25) is 5.04 Å². The Kier molecular flexibility index (Phi) is 7.46. The van der Waals surface area contributed by atoms with Crippen LogP contribution in [0.5, 0.6) is 0 Å².